The van der Waals surface area contributed by atoms with Gasteiger partial charge in [0.25, 0.3) is 5.91 Å². The fraction of sp³-hybridized carbons (Fsp3) is 0.385. The topological polar surface area (TPSA) is 81.7 Å². The minimum atomic E-state index is -0.211. The van der Waals surface area contributed by atoms with E-state index >= 15 is 0 Å². The molecular weight excluding hydrogens is 278 g/mol. The average molecular weight is 295 g/mol. The summed E-state index contributed by atoms with van der Waals surface area (Å²) in [7, 11) is 3.29. The summed E-state index contributed by atoms with van der Waals surface area (Å²) in [6.07, 6.45) is 0. The number of carbonyl (C=O) groups is 2. The first-order valence-electron chi connectivity index (χ1n) is 5.96. The maximum absolute atomic E-state index is 11.8. The van der Waals surface area contributed by atoms with Crippen molar-refractivity contribution in [1.82, 2.24) is 15.5 Å². The summed E-state index contributed by atoms with van der Waals surface area (Å²) >= 11 is 1.34. The van der Waals surface area contributed by atoms with Crippen LogP contribution in [0.1, 0.15) is 15.2 Å². The summed E-state index contributed by atoms with van der Waals surface area (Å²) < 4.78 is 0. The molecule has 1 heterocycles. The van der Waals surface area contributed by atoms with E-state index in [1.807, 2.05) is 0 Å². The highest BCUT2D eigenvalue weighted by atomic mass is 32.1. The largest absolute Gasteiger partial charge is 0.384 e. The van der Waals surface area contributed by atoms with E-state index in [2.05, 4.69) is 22.5 Å². The van der Waals surface area contributed by atoms with E-state index in [0.717, 1.165) is 4.88 Å². The molecule has 0 atom stereocenters. The predicted octanol–water partition coefficient (Wildman–Crippen LogP) is 0.0929. The number of hydrogen-bond acceptors (Lipinski definition) is 4. The molecule has 7 heteroatoms. The molecular formula is C13H17N3O3S. The zero-order chi connectivity index (χ0) is 15.0. The Hall–Kier alpha value is -2.04. The molecule has 1 aromatic rings. The summed E-state index contributed by atoms with van der Waals surface area (Å²) in [6, 6.07) is 1.47. The van der Waals surface area contributed by atoms with Crippen LogP contribution in [0.2, 0.25) is 0 Å². The Bertz CT molecular complexity index is 528. The van der Waals surface area contributed by atoms with Gasteiger partial charge in [0.05, 0.1) is 10.4 Å². The number of aliphatic hydroxyl groups excluding tert-OH is 1. The highest BCUT2D eigenvalue weighted by Gasteiger charge is 2.07. The molecule has 0 saturated heterocycles. The molecule has 0 fully saturated rings. The number of rotatable bonds is 4. The third-order valence-electron chi connectivity index (χ3n) is 2.25. The van der Waals surface area contributed by atoms with Crippen molar-refractivity contribution >= 4 is 23.3 Å². The van der Waals surface area contributed by atoms with Gasteiger partial charge in [-0.15, -0.1) is 11.3 Å². The lowest BCUT2D eigenvalue weighted by Crippen LogP contribution is -2.39. The maximum Gasteiger partial charge on any atom is 0.316 e. The summed E-state index contributed by atoms with van der Waals surface area (Å²) in [4.78, 5) is 25.2. The Morgan fingerprint density at radius 1 is 1.35 bits per heavy atom. The van der Waals surface area contributed by atoms with Gasteiger partial charge in [-0.2, -0.15) is 0 Å². The smallest absolute Gasteiger partial charge is 0.316 e. The summed E-state index contributed by atoms with van der Waals surface area (Å²) in [5.41, 5.74) is 0.524. The molecule has 3 amide bonds. The lowest BCUT2D eigenvalue weighted by Gasteiger charge is -2.11. The Morgan fingerprint density at radius 2 is 2.05 bits per heavy atom. The van der Waals surface area contributed by atoms with Gasteiger partial charge in [-0.05, 0) is 6.07 Å². The first-order chi connectivity index (χ1) is 9.54. The highest BCUT2D eigenvalue weighted by molar-refractivity contribution is 7.10. The molecule has 3 N–H and O–H groups in total. The van der Waals surface area contributed by atoms with Crippen LogP contribution in [0.25, 0.3) is 0 Å². The minimum Gasteiger partial charge on any atom is -0.384 e. The van der Waals surface area contributed by atoms with E-state index in [1.54, 1.807) is 25.5 Å². The number of nitrogens with zero attached hydrogens (tertiary/aromatic N) is 1. The lowest BCUT2D eigenvalue weighted by molar-refractivity contribution is 0.0954. The van der Waals surface area contributed by atoms with Gasteiger partial charge in [0.2, 0.25) is 0 Å². The molecule has 20 heavy (non-hydrogen) atoms. The minimum absolute atomic E-state index is 0.198. The van der Waals surface area contributed by atoms with Gasteiger partial charge in [0.15, 0.2) is 0 Å². The van der Waals surface area contributed by atoms with Crippen molar-refractivity contribution in [1.29, 1.82) is 0 Å². The third-order valence-corrected chi connectivity index (χ3v) is 3.09. The first kappa shape index (κ1) is 16.0. The standard InChI is InChI=1S/C13H17N3O3S/c1-16(2)13(19)15-6-5-14-12(18)10-8-11(20-9-10)4-3-7-17/h8-9,17H,5-7H2,1-2H3,(H,14,18)(H,15,19). The molecule has 0 aliphatic carbocycles. The van der Waals surface area contributed by atoms with E-state index in [4.69, 9.17) is 5.11 Å². The van der Waals surface area contributed by atoms with Gasteiger partial charge in [-0.1, -0.05) is 11.8 Å². The molecule has 0 aliphatic heterocycles. The quantitative estimate of drug-likeness (QED) is 0.544. The highest BCUT2D eigenvalue weighted by Crippen LogP contribution is 2.13. The van der Waals surface area contributed by atoms with Crippen molar-refractivity contribution in [3.8, 4) is 11.8 Å². The van der Waals surface area contributed by atoms with E-state index in [1.165, 1.54) is 16.2 Å². The molecule has 0 radical (unpaired) electrons. The molecule has 0 spiro atoms. The molecule has 6 nitrogen and oxygen atoms in total. The number of amides is 3. The molecule has 0 bridgehead atoms. The number of thiophene rings is 1. The third kappa shape index (κ3) is 5.30. The van der Waals surface area contributed by atoms with Crippen molar-refractivity contribution < 1.29 is 14.7 Å². The molecule has 1 aromatic heterocycles. The van der Waals surface area contributed by atoms with Gasteiger partial charge in [-0.3, -0.25) is 4.79 Å². The van der Waals surface area contributed by atoms with E-state index in [9.17, 15) is 9.59 Å². The molecule has 0 aromatic carbocycles. The molecule has 1 rings (SSSR count). The second-order valence-electron chi connectivity index (χ2n) is 4.04. The van der Waals surface area contributed by atoms with Crippen LogP contribution < -0.4 is 10.6 Å². The van der Waals surface area contributed by atoms with E-state index < -0.39 is 0 Å². The van der Waals surface area contributed by atoms with Crippen molar-refractivity contribution in [2.45, 2.75) is 0 Å². The lowest BCUT2D eigenvalue weighted by atomic mass is 10.3. The zero-order valence-electron chi connectivity index (χ0n) is 11.4. The van der Waals surface area contributed by atoms with Crippen molar-refractivity contribution in [3.63, 3.8) is 0 Å². The molecule has 0 aliphatic rings. The summed E-state index contributed by atoms with van der Waals surface area (Å²) in [5, 5.41) is 15.6. The van der Waals surface area contributed by atoms with Gasteiger partial charge in [0, 0.05) is 32.6 Å². The monoisotopic (exact) mass is 295 g/mol. The second-order valence-corrected chi connectivity index (χ2v) is 4.95. The number of aliphatic hydroxyl groups is 1. The Labute approximate surface area is 121 Å². The van der Waals surface area contributed by atoms with Crippen LogP contribution >= 0.6 is 11.3 Å². The van der Waals surface area contributed by atoms with Gasteiger partial charge < -0.3 is 20.6 Å². The van der Waals surface area contributed by atoms with Crippen LogP contribution in [-0.2, 0) is 0 Å². The fourth-order valence-electron chi connectivity index (χ4n) is 1.25. The van der Waals surface area contributed by atoms with Crippen molar-refractivity contribution in [2.24, 2.45) is 0 Å². The first-order valence-corrected chi connectivity index (χ1v) is 6.84. The van der Waals surface area contributed by atoms with E-state index in [0.29, 0.717) is 18.7 Å². The normalized spacial score (nSPS) is 9.35. The number of nitrogens with one attached hydrogen (secondary N) is 2. The van der Waals surface area contributed by atoms with Crippen LogP contribution in [0.4, 0.5) is 4.79 Å². The van der Waals surface area contributed by atoms with Crippen LogP contribution in [-0.4, -0.2) is 55.7 Å². The zero-order valence-corrected chi connectivity index (χ0v) is 12.2. The van der Waals surface area contributed by atoms with Crippen LogP contribution in [0.3, 0.4) is 0 Å². The number of hydrogen-bond donors (Lipinski definition) is 3. The molecule has 0 unspecified atom stereocenters. The second kappa shape index (κ2) is 8.19. The van der Waals surface area contributed by atoms with Gasteiger partial charge in [-0.25, -0.2) is 4.79 Å². The Balaban J connectivity index is 2.36. The fourth-order valence-corrected chi connectivity index (χ4v) is 2.01. The summed E-state index contributed by atoms with van der Waals surface area (Å²) in [6.45, 7) is 0.515. The average Bonchev–Trinajstić information content (AvgIpc) is 2.89. The number of carbonyl (C=O) groups excluding carboxylic acids is 2. The Kier molecular flexibility index (Phi) is 6.56. The van der Waals surface area contributed by atoms with Crippen LogP contribution in [0.15, 0.2) is 11.4 Å². The van der Waals surface area contributed by atoms with Gasteiger partial charge in [0.1, 0.15) is 6.61 Å². The van der Waals surface area contributed by atoms with E-state index in [-0.39, 0.29) is 18.5 Å². The van der Waals surface area contributed by atoms with Crippen LogP contribution in [0.5, 0.6) is 0 Å². The maximum atomic E-state index is 11.8. The SMILES string of the molecule is CN(C)C(=O)NCCNC(=O)c1csc(C#CCO)c1. The summed E-state index contributed by atoms with van der Waals surface area (Å²) in [5.74, 6) is 5.05. The molecule has 0 saturated carbocycles. The number of urea groups is 1. The predicted molar refractivity (Wildman–Crippen MR) is 77.7 cm³/mol. The van der Waals surface area contributed by atoms with Crippen LogP contribution in [0, 0.1) is 11.8 Å². The van der Waals surface area contributed by atoms with Gasteiger partial charge >= 0.3 is 6.03 Å². The van der Waals surface area contributed by atoms with Crippen molar-refractivity contribution in [2.75, 3.05) is 33.8 Å². The Morgan fingerprint density at radius 3 is 2.70 bits per heavy atom. The van der Waals surface area contributed by atoms with Crippen molar-refractivity contribution in [3.05, 3.63) is 21.9 Å². The molecule has 108 valence electrons.